The highest BCUT2D eigenvalue weighted by atomic mass is 35.5. The number of carbonyl (C=O) groups is 2. The first-order valence-corrected chi connectivity index (χ1v) is 2.67. The molecule has 0 aliphatic rings. The van der Waals surface area contributed by atoms with Crippen LogP contribution in [0.4, 0.5) is 0 Å². The van der Waals surface area contributed by atoms with Crippen molar-refractivity contribution in [3.63, 3.8) is 0 Å². The van der Waals surface area contributed by atoms with Crippen LogP contribution in [-0.4, -0.2) is 17.0 Å². The summed E-state index contributed by atoms with van der Waals surface area (Å²) in [7, 11) is 0. The van der Waals surface area contributed by atoms with Gasteiger partial charge in [0.25, 0.3) is 0 Å². The molecule has 10 heavy (non-hydrogen) atoms. The highest BCUT2D eigenvalue weighted by molar-refractivity contribution is 6.28. The molecule has 0 aliphatic heterocycles. The summed E-state index contributed by atoms with van der Waals surface area (Å²) in [6.45, 7) is 3.03. The number of esters is 1. The quantitative estimate of drug-likeness (QED) is 0.379. The fourth-order valence-electron chi connectivity index (χ4n) is 0.283. The Balaban J connectivity index is 3.65. The van der Waals surface area contributed by atoms with E-state index < -0.39 is 18.4 Å². The second-order valence-corrected chi connectivity index (χ2v) is 1.82. The summed E-state index contributed by atoms with van der Waals surface area (Å²) in [6.07, 6.45) is -0.703. The molecule has 0 bridgehead atoms. The lowest BCUT2D eigenvalue weighted by atomic mass is 10.4. The van der Waals surface area contributed by atoms with Crippen molar-refractivity contribution in [2.24, 2.45) is 0 Å². The monoisotopic (exact) mass is 164 g/mol. The largest absolute Gasteiger partial charge is 0.481 e. The number of halogens is 1. The lowest BCUT2D eigenvalue weighted by molar-refractivity contribution is -0.148. The summed E-state index contributed by atoms with van der Waals surface area (Å²) in [5, 5.41) is 7.70. The van der Waals surface area contributed by atoms with Gasteiger partial charge in [-0.25, -0.2) is 0 Å². The molecular weight excluding hydrogens is 160 g/mol. The fourth-order valence-corrected chi connectivity index (χ4v) is 0.369. The zero-order chi connectivity index (χ0) is 8.15. The lowest BCUT2D eigenvalue weighted by Crippen LogP contribution is -2.08. The molecule has 0 rings (SSSR count). The number of aliphatic carboxylic acids is 1. The fraction of sp³-hybridized carbons (Fsp3) is 0.200. The minimum Gasteiger partial charge on any atom is -0.481 e. The van der Waals surface area contributed by atoms with Crippen molar-refractivity contribution in [2.45, 2.75) is 6.42 Å². The molecule has 0 atom stereocenters. The molecule has 0 amide bonds. The number of carboxylic acids is 1. The van der Waals surface area contributed by atoms with Crippen LogP contribution in [0.2, 0.25) is 0 Å². The van der Waals surface area contributed by atoms with Gasteiger partial charge in [-0.2, -0.15) is 0 Å². The van der Waals surface area contributed by atoms with E-state index in [0.717, 1.165) is 0 Å². The Morgan fingerprint density at radius 1 is 1.60 bits per heavy atom. The molecule has 5 heteroatoms. The molecule has 4 nitrogen and oxygen atoms in total. The standard InChI is InChI=1S/C5H5ClO4/c1-3(6)10-5(9)2-4(7)8/h1-2H2,(H,7,8). The summed E-state index contributed by atoms with van der Waals surface area (Å²) in [5.41, 5.74) is 0. The summed E-state index contributed by atoms with van der Waals surface area (Å²) in [4.78, 5) is 20.1. The van der Waals surface area contributed by atoms with Crippen LogP contribution >= 0.6 is 11.6 Å². The molecule has 1 N–H and O–H groups in total. The van der Waals surface area contributed by atoms with Gasteiger partial charge in [-0.15, -0.1) is 0 Å². The van der Waals surface area contributed by atoms with E-state index in [1.165, 1.54) is 0 Å². The number of carboxylic acid groups (broad SMARTS) is 1. The van der Waals surface area contributed by atoms with Gasteiger partial charge in [-0.1, -0.05) is 0 Å². The molecule has 0 radical (unpaired) electrons. The zero-order valence-corrected chi connectivity index (χ0v) is 5.72. The second-order valence-electron chi connectivity index (χ2n) is 1.40. The molecule has 0 aromatic carbocycles. The smallest absolute Gasteiger partial charge is 0.323 e. The van der Waals surface area contributed by atoms with Crippen LogP contribution in [0.3, 0.4) is 0 Å². The molecule has 0 saturated carbocycles. The Bertz CT molecular complexity index is 156. The Kier molecular flexibility index (Phi) is 3.49. The first-order chi connectivity index (χ1) is 4.52. The van der Waals surface area contributed by atoms with Crippen molar-refractivity contribution in [2.75, 3.05) is 0 Å². The second kappa shape index (κ2) is 3.90. The highest BCUT2D eigenvalue weighted by Crippen LogP contribution is 2.00. The van der Waals surface area contributed by atoms with Crippen molar-refractivity contribution in [3.05, 3.63) is 11.8 Å². The Morgan fingerprint density at radius 3 is 2.40 bits per heavy atom. The summed E-state index contributed by atoms with van der Waals surface area (Å²) >= 11 is 5.03. The number of ether oxygens (including phenoxy) is 1. The Labute approximate surface area is 62.0 Å². The zero-order valence-electron chi connectivity index (χ0n) is 4.96. The number of hydrogen-bond acceptors (Lipinski definition) is 3. The maximum Gasteiger partial charge on any atom is 0.323 e. The maximum atomic E-state index is 10.3. The van der Waals surface area contributed by atoms with Crippen LogP contribution in [0.15, 0.2) is 11.8 Å². The van der Waals surface area contributed by atoms with Crippen molar-refractivity contribution in [3.8, 4) is 0 Å². The van der Waals surface area contributed by atoms with Gasteiger partial charge in [-0.05, 0) is 18.2 Å². The van der Waals surface area contributed by atoms with Crippen LogP contribution in [-0.2, 0) is 14.3 Å². The van der Waals surface area contributed by atoms with Crippen LogP contribution in [0.1, 0.15) is 6.42 Å². The van der Waals surface area contributed by atoms with E-state index in [1.54, 1.807) is 0 Å². The molecule has 0 aromatic heterocycles. The number of hydrogen-bond donors (Lipinski definition) is 1. The van der Waals surface area contributed by atoms with Crippen molar-refractivity contribution in [1.82, 2.24) is 0 Å². The minimum atomic E-state index is -1.26. The maximum absolute atomic E-state index is 10.3. The molecule has 0 heterocycles. The molecule has 0 saturated heterocycles. The molecular formula is C5H5ClO4. The van der Waals surface area contributed by atoms with Crippen molar-refractivity contribution < 1.29 is 19.4 Å². The van der Waals surface area contributed by atoms with Gasteiger partial charge < -0.3 is 9.84 Å². The molecule has 56 valence electrons. The Hall–Kier alpha value is -1.03. The van der Waals surface area contributed by atoms with Gasteiger partial charge in [0.15, 0.2) is 5.22 Å². The van der Waals surface area contributed by atoms with E-state index in [1.807, 2.05) is 0 Å². The van der Waals surface area contributed by atoms with Gasteiger partial charge in [0.1, 0.15) is 6.42 Å². The van der Waals surface area contributed by atoms with Crippen LogP contribution in [0.25, 0.3) is 0 Å². The predicted molar refractivity (Wildman–Crippen MR) is 33.3 cm³/mol. The summed E-state index contributed by atoms with van der Waals surface area (Å²) in [5.74, 6) is -2.18. The highest BCUT2D eigenvalue weighted by Gasteiger charge is 2.08. The topological polar surface area (TPSA) is 63.6 Å². The number of rotatable bonds is 3. The van der Waals surface area contributed by atoms with Gasteiger partial charge >= 0.3 is 11.9 Å². The SMILES string of the molecule is C=C(Cl)OC(=O)CC(=O)O. The third-order valence-corrected chi connectivity index (χ3v) is 0.597. The van der Waals surface area contributed by atoms with E-state index in [0.29, 0.717) is 0 Å². The third-order valence-electron chi connectivity index (χ3n) is 0.520. The van der Waals surface area contributed by atoms with Crippen molar-refractivity contribution in [1.29, 1.82) is 0 Å². The molecule has 0 unspecified atom stereocenters. The van der Waals surface area contributed by atoms with E-state index in [4.69, 9.17) is 16.7 Å². The van der Waals surface area contributed by atoms with E-state index in [-0.39, 0.29) is 5.22 Å². The van der Waals surface area contributed by atoms with Gasteiger partial charge in [0.05, 0.1) is 0 Å². The molecule has 0 fully saturated rings. The van der Waals surface area contributed by atoms with Crippen LogP contribution in [0, 0.1) is 0 Å². The van der Waals surface area contributed by atoms with E-state index in [2.05, 4.69) is 11.3 Å². The minimum absolute atomic E-state index is 0.328. The first kappa shape index (κ1) is 8.97. The molecule has 0 aromatic rings. The van der Waals surface area contributed by atoms with Gasteiger partial charge in [0.2, 0.25) is 0 Å². The summed E-state index contributed by atoms with van der Waals surface area (Å²) in [6, 6.07) is 0. The average molecular weight is 165 g/mol. The predicted octanol–water partition coefficient (Wildman–Crippen LogP) is 0.714. The van der Waals surface area contributed by atoms with E-state index in [9.17, 15) is 9.59 Å². The van der Waals surface area contributed by atoms with Gasteiger partial charge in [0, 0.05) is 0 Å². The van der Waals surface area contributed by atoms with Crippen LogP contribution in [0.5, 0.6) is 0 Å². The van der Waals surface area contributed by atoms with Gasteiger partial charge in [-0.3, -0.25) is 9.59 Å². The third kappa shape index (κ3) is 5.11. The summed E-state index contributed by atoms with van der Waals surface area (Å²) < 4.78 is 4.11. The molecule has 0 aliphatic carbocycles. The normalized spacial score (nSPS) is 8.50. The first-order valence-electron chi connectivity index (χ1n) is 2.29. The van der Waals surface area contributed by atoms with Crippen LogP contribution < -0.4 is 0 Å². The van der Waals surface area contributed by atoms with E-state index >= 15 is 0 Å². The Morgan fingerprint density at radius 2 is 2.10 bits per heavy atom. The van der Waals surface area contributed by atoms with Crippen molar-refractivity contribution >= 4 is 23.5 Å². The molecule has 0 spiro atoms. The average Bonchev–Trinajstić information content (AvgIpc) is 1.58. The number of carbonyl (C=O) groups excluding carboxylic acids is 1. The lowest BCUT2D eigenvalue weighted by Gasteiger charge is -1.96.